The minimum atomic E-state index is -0.234. The fourth-order valence-electron chi connectivity index (χ4n) is 3.20. The molecule has 3 rings (SSSR count). The molecule has 8 nitrogen and oxygen atoms in total. The SMILES string of the molecule is CCOC(=O)N1CCC(Nc2cc(C)nc(Nc3ccccc3OC)n2)CC1. The highest BCUT2D eigenvalue weighted by atomic mass is 16.6. The molecule has 1 saturated heterocycles. The van der Waals surface area contributed by atoms with E-state index in [-0.39, 0.29) is 12.1 Å². The second-order valence-corrected chi connectivity index (χ2v) is 6.65. The van der Waals surface area contributed by atoms with Crippen molar-refractivity contribution < 1.29 is 14.3 Å². The van der Waals surface area contributed by atoms with Gasteiger partial charge in [-0.1, -0.05) is 12.1 Å². The molecule has 2 heterocycles. The second kappa shape index (κ2) is 9.25. The smallest absolute Gasteiger partial charge is 0.409 e. The number of amides is 1. The molecule has 0 bridgehead atoms. The molecule has 1 aromatic carbocycles. The third kappa shape index (κ3) is 5.03. The first-order chi connectivity index (χ1) is 13.6. The van der Waals surface area contributed by atoms with Crippen molar-refractivity contribution in [1.82, 2.24) is 14.9 Å². The fraction of sp³-hybridized carbons (Fsp3) is 0.450. The summed E-state index contributed by atoms with van der Waals surface area (Å²) in [6.45, 7) is 5.50. The Morgan fingerprint density at radius 3 is 2.71 bits per heavy atom. The Morgan fingerprint density at radius 1 is 1.25 bits per heavy atom. The van der Waals surface area contributed by atoms with Gasteiger partial charge >= 0.3 is 6.09 Å². The Hall–Kier alpha value is -3.03. The van der Waals surface area contributed by atoms with Gasteiger partial charge in [0, 0.05) is 30.9 Å². The molecule has 0 atom stereocenters. The molecule has 1 fully saturated rings. The summed E-state index contributed by atoms with van der Waals surface area (Å²) >= 11 is 0. The number of hydrogen-bond acceptors (Lipinski definition) is 7. The van der Waals surface area contributed by atoms with Crippen molar-refractivity contribution in [3.8, 4) is 5.75 Å². The van der Waals surface area contributed by atoms with E-state index in [4.69, 9.17) is 9.47 Å². The first-order valence-corrected chi connectivity index (χ1v) is 9.53. The molecule has 1 amide bonds. The number of nitrogens with one attached hydrogen (secondary N) is 2. The lowest BCUT2D eigenvalue weighted by molar-refractivity contribution is 0.0983. The lowest BCUT2D eigenvalue weighted by atomic mass is 10.1. The maximum absolute atomic E-state index is 11.8. The number of likely N-dealkylation sites (tertiary alicyclic amines) is 1. The van der Waals surface area contributed by atoms with Gasteiger partial charge in [0.2, 0.25) is 5.95 Å². The summed E-state index contributed by atoms with van der Waals surface area (Å²) in [5.74, 6) is 2.00. The Morgan fingerprint density at radius 2 is 2.00 bits per heavy atom. The van der Waals surface area contributed by atoms with Crippen molar-refractivity contribution in [3.63, 3.8) is 0 Å². The molecule has 2 N–H and O–H groups in total. The third-order valence-corrected chi connectivity index (χ3v) is 4.58. The molecule has 2 aromatic rings. The zero-order chi connectivity index (χ0) is 19.9. The van der Waals surface area contributed by atoms with E-state index < -0.39 is 0 Å². The van der Waals surface area contributed by atoms with Crippen molar-refractivity contribution in [3.05, 3.63) is 36.0 Å². The van der Waals surface area contributed by atoms with E-state index in [0.717, 1.165) is 35.8 Å². The van der Waals surface area contributed by atoms with Crippen LogP contribution in [0.1, 0.15) is 25.5 Å². The van der Waals surface area contributed by atoms with E-state index >= 15 is 0 Å². The Kier molecular flexibility index (Phi) is 6.52. The highest BCUT2D eigenvalue weighted by molar-refractivity contribution is 5.67. The first kappa shape index (κ1) is 19.7. The van der Waals surface area contributed by atoms with Gasteiger partial charge in [-0.3, -0.25) is 0 Å². The maximum Gasteiger partial charge on any atom is 0.409 e. The van der Waals surface area contributed by atoms with Gasteiger partial charge in [0.1, 0.15) is 11.6 Å². The van der Waals surface area contributed by atoms with Crippen molar-refractivity contribution in [2.45, 2.75) is 32.7 Å². The van der Waals surface area contributed by atoms with Crippen LogP contribution in [0.2, 0.25) is 0 Å². The number of para-hydroxylation sites is 2. The van der Waals surface area contributed by atoms with Crippen molar-refractivity contribution in [2.75, 3.05) is 37.4 Å². The largest absolute Gasteiger partial charge is 0.495 e. The van der Waals surface area contributed by atoms with E-state index in [0.29, 0.717) is 25.6 Å². The van der Waals surface area contributed by atoms with Gasteiger partial charge in [-0.05, 0) is 38.8 Å². The van der Waals surface area contributed by atoms with Crippen LogP contribution in [0.4, 0.5) is 22.2 Å². The van der Waals surface area contributed by atoms with Crippen LogP contribution in [-0.2, 0) is 4.74 Å². The zero-order valence-corrected chi connectivity index (χ0v) is 16.6. The van der Waals surface area contributed by atoms with Gasteiger partial charge < -0.3 is 25.0 Å². The van der Waals surface area contributed by atoms with E-state index in [1.54, 1.807) is 12.0 Å². The summed E-state index contributed by atoms with van der Waals surface area (Å²) in [4.78, 5) is 22.6. The van der Waals surface area contributed by atoms with Gasteiger partial charge in [-0.2, -0.15) is 4.98 Å². The highest BCUT2D eigenvalue weighted by Gasteiger charge is 2.23. The minimum absolute atomic E-state index is 0.234. The third-order valence-electron chi connectivity index (χ3n) is 4.58. The number of carbonyl (C=O) groups excluding carboxylic acids is 1. The standard InChI is InChI=1S/C20H27N5O3/c1-4-28-20(26)25-11-9-15(10-12-25)22-18-13-14(2)21-19(24-18)23-16-7-5-6-8-17(16)27-3/h5-8,13,15H,4,9-12H2,1-3H3,(H2,21,22,23,24). The predicted octanol–water partition coefficient (Wildman–Crippen LogP) is 3.57. The normalized spacial score (nSPS) is 14.5. The Balaban J connectivity index is 1.63. The number of hydrogen-bond donors (Lipinski definition) is 2. The van der Waals surface area contributed by atoms with E-state index in [1.165, 1.54) is 0 Å². The lowest BCUT2D eigenvalue weighted by Crippen LogP contribution is -2.42. The second-order valence-electron chi connectivity index (χ2n) is 6.65. The van der Waals surface area contributed by atoms with Gasteiger partial charge in [-0.25, -0.2) is 9.78 Å². The monoisotopic (exact) mass is 385 g/mol. The number of nitrogens with zero attached hydrogens (tertiary/aromatic N) is 3. The van der Waals surface area contributed by atoms with Crippen LogP contribution in [0.25, 0.3) is 0 Å². The van der Waals surface area contributed by atoms with Gasteiger partial charge in [0.05, 0.1) is 19.4 Å². The minimum Gasteiger partial charge on any atom is -0.495 e. The van der Waals surface area contributed by atoms with Crippen LogP contribution in [0, 0.1) is 6.92 Å². The summed E-state index contributed by atoms with van der Waals surface area (Å²) in [6.07, 6.45) is 1.45. The molecule has 0 radical (unpaired) electrons. The predicted molar refractivity (Wildman–Crippen MR) is 108 cm³/mol. The van der Waals surface area contributed by atoms with Gasteiger partial charge in [0.25, 0.3) is 0 Å². The molecule has 0 aliphatic carbocycles. The summed E-state index contributed by atoms with van der Waals surface area (Å²) in [6, 6.07) is 9.82. The molecule has 8 heteroatoms. The molecule has 0 saturated carbocycles. The van der Waals surface area contributed by atoms with Crippen molar-refractivity contribution >= 4 is 23.5 Å². The van der Waals surface area contributed by atoms with Crippen LogP contribution in [-0.4, -0.2) is 53.8 Å². The zero-order valence-electron chi connectivity index (χ0n) is 16.6. The number of aromatic nitrogens is 2. The number of ether oxygens (including phenoxy) is 2. The number of benzene rings is 1. The molecule has 150 valence electrons. The maximum atomic E-state index is 11.8. The number of aryl methyl sites for hydroxylation is 1. The molecule has 1 aliphatic rings. The number of rotatable bonds is 6. The van der Waals surface area contributed by atoms with E-state index in [9.17, 15) is 4.79 Å². The van der Waals surface area contributed by atoms with Crippen LogP contribution >= 0.6 is 0 Å². The molecule has 0 spiro atoms. The van der Waals surface area contributed by atoms with Crippen LogP contribution in [0.5, 0.6) is 5.75 Å². The summed E-state index contributed by atoms with van der Waals surface area (Å²) in [5, 5.41) is 6.69. The Bertz CT molecular complexity index is 806. The van der Waals surface area contributed by atoms with Gasteiger partial charge in [0.15, 0.2) is 0 Å². The van der Waals surface area contributed by atoms with Gasteiger partial charge in [-0.15, -0.1) is 0 Å². The van der Waals surface area contributed by atoms with Crippen LogP contribution < -0.4 is 15.4 Å². The number of anilines is 3. The summed E-state index contributed by atoms with van der Waals surface area (Å²) < 4.78 is 10.4. The molecular formula is C20H27N5O3. The number of carbonyl (C=O) groups is 1. The van der Waals surface area contributed by atoms with Crippen LogP contribution in [0.15, 0.2) is 30.3 Å². The molecule has 28 heavy (non-hydrogen) atoms. The number of methoxy groups -OCH3 is 1. The quantitative estimate of drug-likeness (QED) is 0.786. The highest BCUT2D eigenvalue weighted by Crippen LogP contribution is 2.26. The van der Waals surface area contributed by atoms with Crippen molar-refractivity contribution in [2.24, 2.45) is 0 Å². The molecule has 0 unspecified atom stereocenters. The lowest BCUT2D eigenvalue weighted by Gasteiger charge is -2.31. The van der Waals surface area contributed by atoms with Crippen LogP contribution in [0.3, 0.4) is 0 Å². The Labute approximate surface area is 165 Å². The molecular weight excluding hydrogens is 358 g/mol. The topological polar surface area (TPSA) is 88.6 Å². The summed E-state index contributed by atoms with van der Waals surface area (Å²) in [7, 11) is 1.63. The van der Waals surface area contributed by atoms with Crippen molar-refractivity contribution in [1.29, 1.82) is 0 Å². The first-order valence-electron chi connectivity index (χ1n) is 9.53. The average Bonchev–Trinajstić information content (AvgIpc) is 2.69. The summed E-state index contributed by atoms with van der Waals surface area (Å²) in [5.41, 5.74) is 1.67. The number of piperidine rings is 1. The fourth-order valence-corrected chi connectivity index (χ4v) is 3.20. The average molecular weight is 385 g/mol. The van der Waals surface area contributed by atoms with E-state index in [1.807, 2.05) is 44.2 Å². The molecule has 1 aromatic heterocycles. The molecule has 1 aliphatic heterocycles. The van der Waals surface area contributed by atoms with E-state index in [2.05, 4.69) is 20.6 Å².